The molecule has 0 aliphatic heterocycles. The molecule has 0 atom stereocenters. The molecule has 2 rings (SSSR count). The fourth-order valence-electron chi connectivity index (χ4n) is 1.68. The normalized spacial score (nSPS) is 10.8. The van der Waals surface area contributed by atoms with E-state index in [2.05, 4.69) is 4.74 Å². The van der Waals surface area contributed by atoms with Crippen molar-refractivity contribution in [2.45, 2.75) is 6.61 Å². The van der Waals surface area contributed by atoms with Gasteiger partial charge >= 0.3 is 5.97 Å². The van der Waals surface area contributed by atoms with Crippen LogP contribution in [0.3, 0.4) is 0 Å². The van der Waals surface area contributed by atoms with E-state index in [0.717, 1.165) is 0 Å². The van der Waals surface area contributed by atoms with E-state index < -0.39 is 70.2 Å². The van der Waals surface area contributed by atoms with Crippen molar-refractivity contribution < 1.29 is 44.7 Å². The summed E-state index contributed by atoms with van der Waals surface area (Å²) in [6.07, 6.45) is 0. The number of benzene rings is 2. The van der Waals surface area contributed by atoms with Crippen molar-refractivity contribution in [3.05, 3.63) is 69.8 Å². The van der Waals surface area contributed by atoms with Crippen LogP contribution in [0.15, 0.2) is 12.1 Å². The lowest BCUT2D eigenvalue weighted by atomic mass is 10.1. The van der Waals surface area contributed by atoms with Crippen molar-refractivity contribution in [2.24, 2.45) is 0 Å². The summed E-state index contributed by atoms with van der Waals surface area (Å²) in [5.41, 5.74) is -2.61. The molecule has 10 heteroatoms. The van der Waals surface area contributed by atoms with Gasteiger partial charge in [0.25, 0.3) is 0 Å². The van der Waals surface area contributed by atoms with Gasteiger partial charge in [0, 0.05) is 0 Å². The summed E-state index contributed by atoms with van der Waals surface area (Å²) < 4.78 is 109. The van der Waals surface area contributed by atoms with Crippen LogP contribution >= 0.6 is 0 Å². The molecule has 0 spiro atoms. The van der Waals surface area contributed by atoms with Crippen LogP contribution in [0.25, 0.3) is 0 Å². The standard InChI is InChI=1S/C14H4F8O2/c15-6-2-1-4(7(16)10(6)19)14(23)24-3-5-8(17)11(20)13(22)12(21)9(5)18/h1-2H,3H2. The second kappa shape index (κ2) is 6.46. The lowest BCUT2D eigenvalue weighted by molar-refractivity contribution is 0.0455. The molecule has 0 unspecified atom stereocenters. The van der Waals surface area contributed by atoms with E-state index in [9.17, 15) is 39.9 Å². The Labute approximate surface area is 128 Å². The van der Waals surface area contributed by atoms with Crippen molar-refractivity contribution in [2.75, 3.05) is 0 Å². The number of hydrogen-bond donors (Lipinski definition) is 0. The maximum atomic E-state index is 13.4. The van der Waals surface area contributed by atoms with Crippen molar-refractivity contribution in [3.63, 3.8) is 0 Å². The average molecular weight is 356 g/mol. The number of halogens is 8. The Hall–Kier alpha value is -2.65. The highest BCUT2D eigenvalue weighted by Gasteiger charge is 2.27. The molecule has 0 bridgehead atoms. The van der Waals surface area contributed by atoms with E-state index in [1.807, 2.05) is 0 Å². The van der Waals surface area contributed by atoms with Gasteiger partial charge in [0.2, 0.25) is 5.82 Å². The molecule has 0 heterocycles. The molecule has 0 saturated heterocycles. The fourth-order valence-corrected chi connectivity index (χ4v) is 1.68. The van der Waals surface area contributed by atoms with E-state index in [0.29, 0.717) is 12.1 Å². The van der Waals surface area contributed by atoms with Crippen LogP contribution < -0.4 is 0 Å². The van der Waals surface area contributed by atoms with Gasteiger partial charge in [-0.25, -0.2) is 39.9 Å². The van der Waals surface area contributed by atoms with Crippen LogP contribution in [0.4, 0.5) is 35.1 Å². The minimum atomic E-state index is -2.41. The van der Waals surface area contributed by atoms with Crippen molar-refractivity contribution in [3.8, 4) is 0 Å². The highest BCUT2D eigenvalue weighted by atomic mass is 19.2. The van der Waals surface area contributed by atoms with E-state index in [1.165, 1.54) is 0 Å². The van der Waals surface area contributed by atoms with Gasteiger partial charge in [0.05, 0.1) is 11.1 Å². The summed E-state index contributed by atoms with van der Waals surface area (Å²) in [4.78, 5) is 11.5. The average Bonchev–Trinajstić information content (AvgIpc) is 2.56. The Bertz CT molecular complexity index is 805. The van der Waals surface area contributed by atoms with Crippen LogP contribution in [-0.4, -0.2) is 5.97 Å². The molecule has 0 amide bonds. The minimum Gasteiger partial charge on any atom is -0.457 e. The number of carbonyl (C=O) groups excluding carboxylic acids is 1. The molecule has 2 aromatic carbocycles. The first-order valence-corrected chi connectivity index (χ1v) is 5.97. The summed E-state index contributed by atoms with van der Waals surface area (Å²) in [5.74, 6) is -18.7. The Morgan fingerprint density at radius 2 is 1.21 bits per heavy atom. The quantitative estimate of drug-likeness (QED) is 0.357. The second-order valence-electron chi connectivity index (χ2n) is 4.35. The van der Waals surface area contributed by atoms with Crippen molar-refractivity contribution in [1.82, 2.24) is 0 Å². The molecule has 0 fully saturated rings. The number of carbonyl (C=O) groups is 1. The molecule has 128 valence electrons. The molecule has 0 aromatic heterocycles. The third-order valence-corrected chi connectivity index (χ3v) is 2.90. The highest BCUT2D eigenvalue weighted by molar-refractivity contribution is 5.89. The second-order valence-corrected chi connectivity index (χ2v) is 4.35. The monoisotopic (exact) mass is 356 g/mol. The highest BCUT2D eigenvalue weighted by Crippen LogP contribution is 2.24. The lowest BCUT2D eigenvalue weighted by Gasteiger charge is -2.10. The molecule has 0 aliphatic carbocycles. The lowest BCUT2D eigenvalue weighted by Crippen LogP contribution is -2.13. The first-order valence-electron chi connectivity index (χ1n) is 5.97. The third kappa shape index (κ3) is 2.91. The molecule has 0 aliphatic rings. The van der Waals surface area contributed by atoms with E-state index in [1.54, 1.807) is 0 Å². The number of ether oxygens (including phenoxy) is 1. The Morgan fingerprint density at radius 3 is 1.75 bits per heavy atom. The molecular formula is C14H4F8O2. The fraction of sp³-hybridized carbons (Fsp3) is 0.0714. The van der Waals surface area contributed by atoms with Crippen LogP contribution in [0.2, 0.25) is 0 Å². The number of rotatable bonds is 3. The SMILES string of the molecule is O=C(OCc1c(F)c(F)c(F)c(F)c1F)c1ccc(F)c(F)c1F. The smallest absolute Gasteiger partial charge is 0.341 e. The zero-order valence-corrected chi connectivity index (χ0v) is 11.2. The van der Waals surface area contributed by atoms with Gasteiger partial charge < -0.3 is 4.74 Å². The molecular weight excluding hydrogens is 352 g/mol. The van der Waals surface area contributed by atoms with E-state index in [4.69, 9.17) is 0 Å². The molecule has 0 saturated carbocycles. The maximum Gasteiger partial charge on any atom is 0.341 e. The van der Waals surface area contributed by atoms with Crippen molar-refractivity contribution in [1.29, 1.82) is 0 Å². The molecule has 0 N–H and O–H groups in total. The van der Waals surface area contributed by atoms with Crippen LogP contribution in [-0.2, 0) is 11.3 Å². The van der Waals surface area contributed by atoms with E-state index >= 15 is 0 Å². The number of esters is 1. The summed E-state index contributed by atoms with van der Waals surface area (Å²) in [7, 11) is 0. The topological polar surface area (TPSA) is 26.3 Å². The Balaban J connectivity index is 2.30. The zero-order chi connectivity index (χ0) is 18.2. The number of hydrogen-bond acceptors (Lipinski definition) is 2. The van der Waals surface area contributed by atoms with E-state index in [-0.39, 0.29) is 0 Å². The first-order chi connectivity index (χ1) is 11.2. The van der Waals surface area contributed by atoms with Gasteiger partial charge in [0.15, 0.2) is 40.7 Å². The van der Waals surface area contributed by atoms with Crippen molar-refractivity contribution >= 4 is 5.97 Å². The molecule has 0 radical (unpaired) electrons. The first kappa shape index (κ1) is 17.7. The largest absolute Gasteiger partial charge is 0.457 e. The summed E-state index contributed by atoms with van der Waals surface area (Å²) in [6, 6.07) is 0.863. The Kier molecular flexibility index (Phi) is 4.76. The zero-order valence-electron chi connectivity index (χ0n) is 11.2. The van der Waals surface area contributed by atoms with Gasteiger partial charge in [-0.1, -0.05) is 0 Å². The molecule has 2 nitrogen and oxygen atoms in total. The van der Waals surface area contributed by atoms with Gasteiger partial charge in [0.1, 0.15) is 6.61 Å². The molecule has 24 heavy (non-hydrogen) atoms. The summed E-state index contributed by atoms with van der Waals surface area (Å²) >= 11 is 0. The third-order valence-electron chi connectivity index (χ3n) is 2.90. The van der Waals surface area contributed by atoms with Crippen LogP contribution in [0.1, 0.15) is 15.9 Å². The van der Waals surface area contributed by atoms with Crippen LogP contribution in [0.5, 0.6) is 0 Å². The van der Waals surface area contributed by atoms with Crippen LogP contribution in [0, 0.1) is 46.5 Å². The van der Waals surface area contributed by atoms with Gasteiger partial charge in [-0.05, 0) is 12.1 Å². The van der Waals surface area contributed by atoms with Gasteiger partial charge in [-0.3, -0.25) is 0 Å². The minimum absolute atomic E-state index is 0.382. The predicted molar refractivity (Wildman–Crippen MR) is 61.7 cm³/mol. The summed E-state index contributed by atoms with van der Waals surface area (Å²) in [6.45, 7) is -1.46. The molecule has 2 aromatic rings. The summed E-state index contributed by atoms with van der Waals surface area (Å²) in [5, 5.41) is 0. The predicted octanol–water partition coefficient (Wildman–Crippen LogP) is 4.16. The maximum absolute atomic E-state index is 13.4. The van der Waals surface area contributed by atoms with Gasteiger partial charge in [-0.2, -0.15) is 0 Å². The Morgan fingerprint density at radius 1 is 0.708 bits per heavy atom. The van der Waals surface area contributed by atoms with Gasteiger partial charge in [-0.15, -0.1) is 0 Å².